The highest BCUT2D eigenvalue weighted by atomic mass is 19.4. The lowest BCUT2D eigenvalue weighted by molar-refractivity contribution is -0.173. The molecule has 0 saturated heterocycles. The standard InChI is InChI=1S/C10H11F6N3O2/c1-19-4-6(7(18-19)10(14,15)16)8(20)17-2-3-21-5-9(11,12)13/h4H,2-3,5H2,1H3,(H,17,20). The van der Waals surface area contributed by atoms with E-state index in [0.717, 1.165) is 10.9 Å². The van der Waals surface area contributed by atoms with Crippen LogP contribution in [0.3, 0.4) is 0 Å². The van der Waals surface area contributed by atoms with E-state index >= 15 is 0 Å². The van der Waals surface area contributed by atoms with Crippen molar-refractivity contribution in [3.8, 4) is 0 Å². The smallest absolute Gasteiger partial charge is 0.370 e. The first-order valence-electron chi connectivity index (χ1n) is 5.54. The molecule has 1 amide bonds. The summed E-state index contributed by atoms with van der Waals surface area (Å²) >= 11 is 0. The zero-order chi connectivity index (χ0) is 16.3. The van der Waals surface area contributed by atoms with Gasteiger partial charge in [0.25, 0.3) is 5.91 Å². The van der Waals surface area contributed by atoms with Gasteiger partial charge in [-0.25, -0.2) is 0 Å². The maximum Gasteiger partial charge on any atom is 0.435 e. The lowest BCUT2D eigenvalue weighted by atomic mass is 10.2. The molecule has 0 saturated carbocycles. The lowest BCUT2D eigenvalue weighted by Crippen LogP contribution is -2.30. The Morgan fingerprint density at radius 2 is 1.95 bits per heavy atom. The molecule has 5 nitrogen and oxygen atoms in total. The average Bonchev–Trinajstić information content (AvgIpc) is 2.69. The molecule has 0 atom stereocenters. The summed E-state index contributed by atoms with van der Waals surface area (Å²) in [5.74, 6) is -1.09. The van der Waals surface area contributed by atoms with Crippen molar-refractivity contribution in [2.75, 3.05) is 19.8 Å². The maximum absolute atomic E-state index is 12.6. The Morgan fingerprint density at radius 3 is 2.48 bits per heavy atom. The second-order valence-electron chi connectivity index (χ2n) is 3.99. The summed E-state index contributed by atoms with van der Waals surface area (Å²) in [5, 5.41) is 5.16. The molecular weight excluding hydrogens is 308 g/mol. The minimum absolute atomic E-state index is 0.360. The third kappa shape index (κ3) is 5.61. The fourth-order valence-electron chi connectivity index (χ4n) is 1.38. The number of amides is 1. The summed E-state index contributed by atoms with van der Waals surface area (Å²) in [7, 11) is 1.21. The summed E-state index contributed by atoms with van der Waals surface area (Å²) in [6, 6.07) is 0. The predicted molar refractivity (Wildman–Crippen MR) is 57.4 cm³/mol. The van der Waals surface area contributed by atoms with Gasteiger partial charge in [0.05, 0.1) is 12.2 Å². The molecule has 0 aliphatic heterocycles. The molecule has 0 bridgehead atoms. The molecule has 0 aromatic carbocycles. The van der Waals surface area contributed by atoms with Crippen molar-refractivity contribution >= 4 is 5.91 Å². The van der Waals surface area contributed by atoms with Crippen LogP contribution in [0.15, 0.2) is 6.20 Å². The third-order valence-electron chi connectivity index (χ3n) is 2.14. The molecule has 0 aliphatic carbocycles. The molecule has 0 radical (unpaired) electrons. The van der Waals surface area contributed by atoms with Crippen LogP contribution < -0.4 is 5.32 Å². The zero-order valence-electron chi connectivity index (χ0n) is 10.7. The molecule has 1 aromatic heterocycles. The van der Waals surface area contributed by atoms with E-state index < -0.39 is 42.7 Å². The van der Waals surface area contributed by atoms with Crippen LogP contribution in [0.2, 0.25) is 0 Å². The molecule has 0 unspecified atom stereocenters. The van der Waals surface area contributed by atoms with E-state index in [2.05, 4.69) is 9.84 Å². The Labute approximate surface area is 114 Å². The van der Waals surface area contributed by atoms with Gasteiger partial charge in [0.2, 0.25) is 0 Å². The van der Waals surface area contributed by atoms with Gasteiger partial charge in [-0.15, -0.1) is 0 Å². The van der Waals surface area contributed by atoms with E-state index in [-0.39, 0.29) is 6.54 Å². The molecule has 21 heavy (non-hydrogen) atoms. The van der Waals surface area contributed by atoms with Gasteiger partial charge < -0.3 is 10.1 Å². The lowest BCUT2D eigenvalue weighted by Gasteiger charge is -2.09. The van der Waals surface area contributed by atoms with Crippen LogP contribution in [0.5, 0.6) is 0 Å². The maximum atomic E-state index is 12.6. The number of carbonyl (C=O) groups excluding carboxylic acids is 1. The predicted octanol–water partition coefficient (Wildman–Crippen LogP) is 1.75. The number of halogens is 6. The van der Waals surface area contributed by atoms with Gasteiger partial charge >= 0.3 is 12.4 Å². The number of nitrogens with zero attached hydrogens (tertiary/aromatic N) is 2. The van der Waals surface area contributed by atoms with Gasteiger partial charge in [0.15, 0.2) is 5.69 Å². The Bertz CT molecular complexity index is 494. The van der Waals surface area contributed by atoms with Crippen LogP contribution in [0.25, 0.3) is 0 Å². The van der Waals surface area contributed by atoms with Crippen molar-refractivity contribution in [3.63, 3.8) is 0 Å². The zero-order valence-corrected chi connectivity index (χ0v) is 10.7. The molecule has 1 aromatic rings. The third-order valence-corrected chi connectivity index (χ3v) is 2.14. The van der Waals surface area contributed by atoms with E-state index in [4.69, 9.17) is 0 Å². The first-order valence-corrected chi connectivity index (χ1v) is 5.54. The summed E-state index contributed by atoms with van der Waals surface area (Å²) in [6.07, 6.45) is -8.44. The molecule has 120 valence electrons. The molecule has 1 rings (SSSR count). The molecule has 0 aliphatic rings. The van der Waals surface area contributed by atoms with Gasteiger partial charge in [0, 0.05) is 19.8 Å². The van der Waals surface area contributed by atoms with Crippen molar-refractivity contribution < 1.29 is 35.9 Å². The van der Waals surface area contributed by atoms with Crippen LogP contribution in [0.4, 0.5) is 26.3 Å². The fourth-order valence-corrected chi connectivity index (χ4v) is 1.38. The summed E-state index contributed by atoms with van der Waals surface area (Å²) in [5.41, 5.74) is -2.07. The molecule has 0 spiro atoms. The van der Waals surface area contributed by atoms with Crippen molar-refractivity contribution in [1.82, 2.24) is 15.1 Å². The normalized spacial score (nSPS) is 12.5. The van der Waals surface area contributed by atoms with Crippen LogP contribution in [-0.2, 0) is 18.0 Å². The van der Waals surface area contributed by atoms with Crippen LogP contribution in [0.1, 0.15) is 16.1 Å². The van der Waals surface area contributed by atoms with E-state index in [9.17, 15) is 31.1 Å². The molecule has 0 fully saturated rings. The second-order valence-corrected chi connectivity index (χ2v) is 3.99. The van der Waals surface area contributed by atoms with Crippen LogP contribution >= 0.6 is 0 Å². The van der Waals surface area contributed by atoms with Crippen molar-refractivity contribution in [2.45, 2.75) is 12.4 Å². The van der Waals surface area contributed by atoms with Gasteiger partial charge in [-0.1, -0.05) is 0 Å². The van der Waals surface area contributed by atoms with E-state index in [1.807, 2.05) is 5.32 Å². The molecular formula is C10H11F6N3O2. The minimum atomic E-state index is -4.80. The van der Waals surface area contributed by atoms with E-state index in [0.29, 0.717) is 0 Å². The highest BCUT2D eigenvalue weighted by Crippen LogP contribution is 2.30. The molecule has 11 heteroatoms. The first-order chi connectivity index (χ1) is 9.50. The van der Waals surface area contributed by atoms with Gasteiger partial charge in [0.1, 0.15) is 6.61 Å². The number of carbonyl (C=O) groups is 1. The SMILES string of the molecule is Cn1cc(C(=O)NCCOCC(F)(F)F)c(C(F)(F)F)n1. The van der Waals surface area contributed by atoms with E-state index in [1.54, 1.807) is 0 Å². The Morgan fingerprint density at radius 1 is 1.33 bits per heavy atom. The van der Waals surface area contributed by atoms with Crippen molar-refractivity contribution in [1.29, 1.82) is 0 Å². The number of hydrogen-bond acceptors (Lipinski definition) is 3. The fraction of sp³-hybridized carbons (Fsp3) is 0.600. The number of ether oxygens (including phenoxy) is 1. The Balaban J connectivity index is 2.54. The summed E-state index contributed by atoms with van der Waals surface area (Å²) in [6.45, 7) is -2.34. The van der Waals surface area contributed by atoms with Crippen LogP contribution in [-0.4, -0.2) is 41.6 Å². The number of rotatable bonds is 5. The van der Waals surface area contributed by atoms with Crippen LogP contribution in [0, 0.1) is 0 Å². The Hall–Kier alpha value is -1.78. The van der Waals surface area contributed by atoms with Gasteiger partial charge in [-0.2, -0.15) is 31.4 Å². The first kappa shape index (κ1) is 17.3. The highest BCUT2D eigenvalue weighted by Gasteiger charge is 2.38. The average molecular weight is 319 g/mol. The van der Waals surface area contributed by atoms with Crippen molar-refractivity contribution in [2.24, 2.45) is 7.05 Å². The molecule has 1 N–H and O–H groups in total. The molecule has 1 heterocycles. The van der Waals surface area contributed by atoms with E-state index in [1.165, 1.54) is 7.05 Å². The topological polar surface area (TPSA) is 56.2 Å². The van der Waals surface area contributed by atoms with Crippen molar-refractivity contribution in [3.05, 3.63) is 17.5 Å². The van der Waals surface area contributed by atoms with Gasteiger partial charge in [-0.3, -0.25) is 9.48 Å². The number of aromatic nitrogens is 2. The minimum Gasteiger partial charge on any atom is -0.370 e. The van der Waals surface area contributed by atoms with Gasteiger partial charge in [-0.05, 0) is 0 Å². The Kier molecular flexibility index (Phi) is 5.20. The number of hydrogen-bond donors (Lipinski definition) is 1. The second kappa shape index (κ2) is 6.33. The highest BCUT2D eigenvalue weighted by molar-refractivity contribution is 5.95. The monoisotopic (exact) mass is 319 g/mol. The number of alkyl halides is 6. The summed E-state index contributed by atoms with van der Waals surface area (Å²) in [4.78, 5) is 11.5. The number of nitrogens with one attached hydrogen (secondary N) is 1. The summed E-state index contributed by atoms with van der Waals surface area (Å²) < 4.78 is 78.0. The number of aryl methyl sites for hydroxylation is 1. The quantitative estimate of drug-likeness (QED) is 0.664. The largest absolute Gasteiger partial charge is 0.435 e.